The summed E-state index contributed by atoms with van der Waals surface area (Å²) in [5.74, 6) is -0.134. The van der Waals surface area contributed by atoms with Crippen LogP contribution in [0.3, 0.4) is 0 Å². The van der Waals surface area contributed by atoms with Crippen molar-refractivity contribution in [1.29, 1.82) is 0 Å². The van der Waals surface area contributed by atoms with Gasteiger partial charge in [-0.25, -0.2) is 0 Å². The second-order valence-corrected chi connectivity index (χ2v) is 7.91. The molecule has 0 radical (unpaired) electrons. The Morgan fingerprint density at radius 3 is 2.66 bits per heavy atom. The number of benzene rings is 2. The molecule has 3 atom stereocenters. The van der Waals surface area contributed by atoms with E-state index >= 15 is 0 Å². The minimum Gasteiger partial charge on any atom is -0.396 e. The summed E-state index contributed by atoms with van der Waals surface area (Å²) in [6, 6.07) is 15.3. The van der Waals surface area contributed by atoms with E-state index in [0.29, 0.717) is 13.0 Å². The first-order chi connectivity index (χ1) is 14.0. The fourth-order valence-corrected chi connectivity index (χ4v) is 4.58. The second-order valence-electron chi connectivity index (χ2n) is 7.91. The average Bonchev–Trinajstić information content (AvgIpc) is 3.14. The topological polar surface area (TPSA) is 78.9 Å². The monoisotopic (exact) mass is 394 g/mol. The maximum atomic E-state index is 13.6. The standard InChI is InChI=1S/C23H26N2O4/c1-15-13-19(11-12-26)29-23(15)20-5-3-4-6-21(20)25(22(23)28)14-17-7-9-18(10-8-17)24-16(2)27/h3-10,15,19,26H,11-14H2,1-2H3,(H,24,27)/t15-,19+,23+/m1/s1. The van der Waals surface area contributed by atoms with Crippen LogP contribution in [0, 0.1) is 5.92 Å². The lowest BCUT2D eigenvalue weighted by Crippen LogP contribution is -2.43. The summed E-state index contributed by atoms with van der Waals surface area (Å²) >= 11 is 0. The first kappa shape index (κ1) is 19.6. The van der Waals surface area contributed by atoms with Crippen LogP contribution in [0.4, 0.5) is 11.4 Å². The molecule has 2 amide bonds. The quantitative estimate of drug-likeness (QED) is 0.816. The van der Waals surface area contributed by atoms with E-state index in [4.69, 9.17) is 4.74 Å². The molecule has 2 N–H and O–H groups in total. The number of hydrogen-bond donors (Lipinski definition) is 2. The van der Waals surface area contributed by atoms with E-state index in [-0.39, 0.29) is 30.4 Å². The number of fused-ring (bicyclic) bond motifs is 2. The molecule has 1 spiro atoms. The summed E-state index contributed by atoms with van der Waals surface area (Å²) in [6.45, 7) is 4.00. The molecular formula is C23H26N2O4. The summed E-state index contributed by atoms with van der Waals surface area (Å²) in [4.78, 5) is 26.6. The van der Waals surface area contributed by atoms with Gasteiger partial charge in [-0.1, -0.05) is 37.3 Å². The highest BCUT2D eigenvalue weighted by Crippen LogP contribution is 2.53. The minimum absolute atomic E-state index is 0.0276. The number of ether oxygens (including phenoxy) is 1. The fraction of sp³-hybridized carbons (Fsp3) is 0.391. The number of para-hydroxylation sites is 1. The zero-order chi connectivity index (χ0) is 20.6. The average molecular weight is 394 g/mol. The number of hydrogen-bond acceptors (Lipinski definition) is 4. The maximum Gasteiger partial charge on any atom is 0.264 e. The Kier molecular flexibility index (Phi) is 5.15. The number of carbonyl (C=O) groups excluding carboxylic acids is 2. The van der Waals surface area contributed by atoms with Gasteiger partial charge in [0.05, 0.1) is 18.3 Å². The van der Waals surface area contributed by atoms with Gasteiger partial charge >= 0.3 is 0 Å². The largest absolute Gasteiger partial charge is 0.396 e. The third-order valence-electron chi connectivity index (χ3n) is 5.89. The molecule has 2 aliphatic heterocycles. The highest BCUT2D eigenvalue weighted by molar-refractivity contribution is 6.07. The van der Waals surface area contributed by atoms with Crippen molar-refractivity contribution in [2.45, 2.75) is 44.9 Å². The molecule has 2 heterocycles. The summed E-state index contributed by atoms with van der Waals surface area (Å²) in [7, 11) is 0. The van der Waals surface area contributed by atoms with Gasteiger partial charge in [0.15, 0.2) is 5.60 Å². The van der Waals surface area contributed by atoms with E-state index in [0.717, 1.165) is 28.9 Å². The fourth-order valence-electron chi connectivity index (χ4n) is 4.58. The van der Waals surface area contributed by atoms with E-state index in [1.165, 1.54) is 6.92 Å². The van der Waals surface area contributed by atoms with Crippen molar-refractivity contribution in [1.82, 2.24) is 0 Å². The lowest BCUT2D eigenvalue weighted by Gasteiger charge is -2.28. The lowest BCUT2D eigenvalue weighted by atomic mass is 9.83. The highest BCUT2D eigenvalue weighted by atomic mass is 16.5. The van der Waals surface area contributed by atoms with Crippen molar-refractivity contribution >= 4 is 23.2 Å². The van der Waals surface area contributed by atoms with Crippen LogP contribution in [0.25, 0.3) is 0 Å². The zero-order valence-electron chi connectivity index (χ0n) is 16.7. The van der Waals surface area contributed by atoms with Crippen molar-refractivity contribution in [2.24, 2.45) is 5.92 Å². The molecule has 2 aromatic carbocycles. The van der Waals surface area contributed by atoms with E-state index in [2.05, 4.69) is 12.2 Å². The third kappa shape index (κ3) is 3.32. The Hall–Kier alpha value is -2.70. The number of rotatable bonds is 5. The van der Waals surface area contributed by atoms with E-state index in [1.54, 1.807) is 4.90 Å². The van der Waals surface area contributed by atoms with Crippen LogP contribution in [-0.4, -0.2) is 29.6 Å². The smallest absolute Gasteiger partial charge is 0.264 e. The molecule has 4 rings (SSSR count). The molecule has 1 fully saturated rings. The molecular weight excluding hydrogens is 368 g/mol. The third-order valence-corrected chi connectivity index (χ3v) is 5.89. The molecule has 6 nitrogen and oxygen atoms in total. The normalized spacial score (nSPS) is 25.5. The Morgan fingerprint density at radius 1 is 1.24 bits per heavy atom. The zero-order valence-corrected chi connectivity index (χ0v) is 16.7. The predicted molar refractivity (Wildman–Crippen MR) is 110 cm³/mol. The van der Waals surface area contributed by atoms with Crippen LogP contribution < -0.4 is 10.2 Å². The molecule has 29 heavy (non-hydrogen) atoms. The number of nitrogens with one attached hydrogen (secondary N) is 1. The van der Waals surface area contributed by atoms with E-state index < -0.39 is 5.60 Å². The van der Waals surface area contributed by atoms with Gasteiger partial charge in [0, 0.05) is 30.7 Å². The number of nitrogens with zero attached hydrogens (tertiary/aromatic N) is 1. The molecule has 2 aliphatic rings. The van der Waals surface area contributed by atoms with Gasteiger partial charge in [-0.3, -0.25) is 9.59 Å². The van der Waals surface area contributed by atoms with Crippen LogP contribution in [0.2, 0.25) is 0 Å². The maximum absolute atomic E-state index is 13.6. The van der Waals surface area contributed by atoms with Gasteiger partial charge in [-0.2, -0.15) is 0 Å². The van der Waals surface area contributed by atoms with Gasteiger partial charge in [0.25, 0.3) is 5.91 Å². The van der Waals surface area contributed by atoms with E-state index in [9.17, 15) is 14.7 Å². The molecule has 2 aromatic rings. The molecule has 0 saturated carbocycles. The van der Waals surface area contributed by atoms with Crippen molar-refractivity contribution < 1.29 is 19.4 Å². The summed E-state index contributed by atoms with van der Waals surface area (Å²) in [5, 5.41) is 12.1. The van der Waals surface area contributed by atoms with Gasteiger partial charge in [0.2, 0.25) is 5.91 Å². The lowest BCUT2D eigenvalue weighted by molar-refractivity contribution is -0.146. The Bertz CT molecular complexity index is 927. The predicted octanol–water partition coefficient (Wildman–Crippen LogP) is 3.19. The SMILES string of the molecule is CC(=O)Nc1ccc(CN2C(=O)[C@@]3(O[C@@H](CCO)C[C@H]3C)c3ccccc32)cc1. The molecule has 0 aromatic heterocycles. The van der Waals surface area contributed by atoms with Crippen LogP contribution in [-0.2, 0) is 26.5 Å². The van der Waals surface area contributed by atoms with Crippen LogP contribution >= 0.6 is 0 Å². The van der Waals surface area contributed by atoms with Gasteiger partial charge < -0.3 is 20.1 Å². The number of aliphatic hydroxyl groups excluding tert-OH is 1. The van der Waals surface area contributed by atoms with Crippen molar-refractivity contribution in [3.05, 3.63) is 59.7 Å². The molecule has 0 bridgehead atoms. The van der Waals surface area contributed by atoms with Gasteiger partial charge in [-0.05, 0) is 36.6 Å². The Morgan fingerprint density at radius 2 is 1.97 bits per heavy atom. The number of anilines is 2. The molecule has 0 unspecified atom stereocenters. The molecule has 1 saturated heterocycles. The summed E-state index contributed by atoms with van der Waals surface area (Å²) in [5.41, 5.74) is 2.50. The first-order valence-electron chi connectivity index (χ1n) is 10.0. The Balaban J connectivity index is 1.64. The van der Waals surface area contributed by atoms with Crippen molar-refractivity contribution in [2.75, 3.05) is 16.8 Å². The molecule has 6 heteroatoms. The van der Waals surface area contributed by atoms with Crippen LogP contribution in [0.5, 0.6) is 0 Å². The Labute approximate surface area is 170 Å². The number of carbonyl (C=O) groups is 2. The van der Waals surface area contributed by atoms with Crippen molar-refractivity contribution in [3.8, 4) is 0 Å². The van der Waals surface area contributed by atoms with Gasteiger partial charge in [0.1, 0.15) is 0 Å². The number of aliphatic hydroxyl groups is 1. The van der Waals surface area contributed by atoms with E-state index in [1.807, 2.05) is 48.5 Å². The minimum atomic E-state index is -0.980. The second kappa shape index (κ2) is 7.61. The highest BCUT2D eigenvalue weighted by Gasteiger charge is 2.59. The number of amides is 2. The molecule has 0 aliphatic carbocycles. The summed E-state index contributed by atoms with van der Waals surface area (Å²) in [6.07, 6.45) is 1.16. The van der Waals surface area contributed by atoms with Gasteiger partial charge in [-0.15, -0.1) is 0 Å². The van der Waals surface area contributed by atoms with Crippen LogP contribution in [0.15, 0.2) is 48.5 Å². The molecule has 152 valence electrons. The first-order valence-corrected chi connectivity index (χ1v) is 10.0. The van der Waals surface area contributed by atoms with Crippen molar-refractivity contribution in [3.63, 3.8) is 0 Å². The summed E-state index contributed by atoms with van der Waals surface area (Å²) < 4.78 is 6.33. The van der Waals surface area contributed by atoms with Crippen LogP contribution in [0.1, 0.15) is 37.8 Å².